The molecule has 5 unspecified atom stereocenters. The molecule has 1 spiro atoms. The maximum Gasteiger partial charge on any atom is 0.349 e. The van der Waals surface area contributed by atoms with Crippen LogP contribution < -0.4 is 16.6 Å². The number of amides is 1. The minimum Gasteiger partial charge on any atom is -0.351 e. The van der Waals surface area contributed by atoms with E-state index >= 15 is 8.78 Å². The largest absolute Gasteiger partial charge is 0.351 e. The summed E-state index contributed by atoms with van der Waals surface area (Å²) in [6, 6.07) is 4.39. The summed E-state index contributed by atoms with van der Waals surface area (Å²) in [6.07, 6.45) is 3.17. The molecular weight excluding hydrogens is 442 g/mol. The van der Waals surface area contributed by atoms with E-state index in [9.17, 15) is 14.4 Å². The van der Waals surface area contributed by atoms with Gasteiger partial charge in [-0.1, -0.05) is 11.6 Å². The van der Waals surface area contributed by atoms with Crippen LogP contribution in [-0.2, 0) is 0 Å². The van der Waals surface area contributed by atoms with E-state index in [1.54, 1.807) is 0 Å². The number of aromatic nitrogens is 3. The highest BCUT2D eigenvalue weighted by Gasteiger charge is 2.82. The molecule has 6 rings (SSSR count). The first-order valence-electron chi connectivity index (χ1n) is 10.7. The van der Waals surface area contributed by atoms with E-state index in [1.165, 1.54) is 18.2 Å². The SMILES string of the molecule is O=C(NCC12CC3CC4(F)CC(F)(C1)CC32C4)c1cc(-n2ncc(=O)[nH]c2=O)ccc1Cl. The second kappa shape index (κ2) is 6.07. The summed E-state index contributed by atoms with van der Waals surface area (Å²) in [7, 11) is 0. The maximum atomic E-state index is 15.4. The molecular formula is C22H21ClF2N4O3. The monoisotopic (exact) mass is 462 g/mol. The first kappa shape index (κ1) is 20.1. The third-order valence-corrected chi connectivity index (χ3v) is 8.71. The van der Waals surface area contributed by atoms with Crippen molar-refractivity contribution in [2.24, 2.45) is 16.7 Å². The molecule has 4 saturated carbocycles. The molecule has 4 fully saturated rings. The summed E-state index contributed by atoms with van der Waals surface area (Å²) in [5.74, 6) is -0.267. The number of aromatic amines is 1. The number of rotatable bonds is 4. The molecule has 10 heteroatoms. The third kappa shape index (κ3) is 2.57. The molecule has 2 aromatic rings. The summed E-state index contributed by atoms with van der Waals surface area (Å²) in [5.41, 5.74) is -4.66. The maximum absolute atomic E-state index is 15.4. The van der Waals surface area contributed by atoms with Gasteiger partial charge in [-0.05, 0) is 67.1 Å². The van der Waals surface area contributed by atoms with E-state index in [4.69, 9.17) is 11.6 Å². The second-order valence-corrected chi connectivity index (χ2v) is 10.7. The lowest BCUT2D eigenvalue weighted by atomic mass is 9.46. The van der Waals surface area contributed by atoms with Crippen molar-refractivity contribution in [3.05, 3.63) is 55.8 Å². The third-order valence-electron chi connectivity index (χ3n) is 8.38. The minimum absolute atomic E-state index is 0.0251. The summed E-state index contributed by atoms with van der Waals surface area (Å²) in [4.78, 5) is 38.4. The molecule has 4 aliphatic carbocycles. The normalized spacial score (nSPS) is 38.4. The number of halogens is 3. The average Bonchev–Trinajstić information content (AvgIpc) is 2.97. The Morgan fingerprint density at radius 3 is 2.75 bits per heavy atom. The van der Waals surface area contributed by atoms with Gasteiger partial charge in [0.15, 0.2) is 0 Å². The zero-order valence-corrected chi connectivity index (χ0v) is 17.8. The first-order chi connectivity index (χ1) is 15.1. The Labute approximate surface area is 186 Å². The lowest BCUT2D eigenvalue weighted by molar-refractivity contribution is -0.0984. The summed E-state index contributed by atoms with van der Waals surface area (Å²) in [5, 5.41) is 6.87. The molecule has 3 bridgehead atoms. The number of alkyl halides is 2. The number of nitrogens with zero attached hydrogens (tertiary/aromatic N) is 2. The molecule has 0 aliphatic heterocycles. The fourth-order valence-electron chi connectivity index (χ4n) is 7.57. The van der Waals surface area contributed by atoms with Gasteiger partial charge in [0.1, 0.15) is 17.5 Å². The second-order valence-electron chi connectivity index (χ2n) is 10.2. The van der Waals surface area contributed by atoms with E-state index in [2.05, 4.69) is 15.4 Å². The van der Waals surface area contributed by atoms with Crippen LogP contribution in [0.3, 0.4) is 0 Å². The van der Waals surface area contributed by atoms with Crippen molar-refractivity contribution >= 4 is 17.5 Å². The predicted octanol–water partition coefficient (Wildman–Crippen LogP) is 2.70. The quantitative estimate of drug-likeness (QED) is 0.730. The molecule has 168 valence electrons. The minimum atomic E-state index is -1.49. The number of hydrogen-bond acceptors (Lipinski definition) is 4. The summed E-state index contributed by atoms with van der Waals surface area (Å²) >= 11 is 6.24. The Kier molecular flexibility index (Phi) is 3.81. The van der Waals surface area contributed by atoms with Gasteiger partial charge in [0.05, 0.1) is 16.3 Å². The molecule has 5 atom stereocenters. The van der Waals surface area contributed by atoms with Crippen molar-refractivity contribution in [3.63, 3.8) is 0 Å². The van der Waals surface area contributed by atoms with Crippen LogP contribution >= 0.6 is 11.6 Å². The van der Waals surface area contributed by atoms with Gasteiger partial charge < -0.3 is 5.32 Å². The lowest BCUT2D eigenvalue weighted by Gasteiger charge is -2.58. The van der Waals surface area contributed by atoms with E-state index in [-0.39, 0.29) is 47.0 Å². The molecule has 32 heavy (non-hydrogen) atoms. The van der Waals surface area contributed by atoms with Crippen molar-refractivity contribution < 1.29 is 13.6 Å². The Bertz CT molecular complexity index is 1290. The Morgan fingerprint density at radius 1 is 1.19 bits per heavy atom. The smallest absolute Gasteiger partial charge is 0.349 e. The number of H-pyrrole nitrogens is 1. The van der Waals surface area contributed by atoms with Gasteiger partial charge in [0.2, 0.25) is 0 Å². The van der Waals surface area contributed by atoms with Crippen LogP contribution in [0.4, 0.5) is 8.78 Å². The van der Waals surface area contributed by atoms with Crippen LogP contribution in [-0.4, -0.2) is 38.6 Å². The standard InChI is InChI=1S/C22H21ClF2N4O3/c23-15-2-1-13(29-18(32)28-16(30)6-27-29)3-14(15)17(31)26-11-19-4-12-5-20(24)8-21(25,7-19)10-22(12,19)9-20/h1-3,6,12H,4-5,7-11H2,(H,26,31)(H,28,30,32). The number of benzene rings is 1. The fraction of sp³-hybridized carbons (Fsp3) is 0.545. The predicted molar refractivity (Wildman–Crippen MR) is 112 cm³/mol. The van der Waals surface area contributed by atoms with Gasteiger partial charge in [-0.15, -0.1) is 0 Å². The highest BCUT2D eigenvalue weighted by Crippen LogP contribution is 2.83. The molecule has 7 nitrogen and oxygen atoms in total. The molecule has 1 amide bonds. The topological polar surface area (TPSA) is 96.8 Å². The number of fused-ring (bicyclic) bond motifs is 2. The molecule has 0 radical (unpaired) electrons. The van der Waals surface area contributed by atoms with Gasteiger partial charge in [-0.3, -0.25) is 14.6 Å². The van der Waals surface area contributed by atoms with Crippen molar-refractivity contribution in [1.29, 1.82) is 0 Å². The molecule has 1 aromatic heterocycles. The molecule has 1 aromatic carbocycles. The zero-order chi connectivity index (χ0) is 22.5. The van der Waals surface area contributed by atoms with Gasteiger partial charge in [-0.2, -0.15) is 9.78 Å². The number of carbonyl (C=O) groups is 1. The van der Waals surface area contributed by atoms with Crippen molar-refractivity contribution in [2.45, 2.75) is 49.9 Å². The van der Waals surface area contributed by atoms with Crippen LogP contribution in [0.15, 0.2) is 34.0 Å². The van der Waals surface area contributed by atoms with E-state index < -0.39 is 33.9 Å². The molecule has 4 aliphatic rings. The van der Waals surface area contributed by atoms with E-state index in [0.29, 0.717) is 19.3 Å². The van der Waals surface area contributed by atoms with Crippen LogP contribution in [0, 0.1) is 16.7 Å². The molecule has 1 heterocycles. The lowest BCUT2D eigenvalue weighted by Crippen LogP contribution is -2.57. The average molecular weight is 463 g/mol. The number of nitrogens with one attached hydrogen (secondary N) is 2. The van der Waals surface area contributed by atoms with Gasteiger partial charge in [-0.25, -0.2) is 13.6 Å². The van der Waals surface area contributed by atoms with Crippen molar-refractivity contribution in [1.82, 2.24) is 20.1 Å². The number of hydrogen-bond donors (Lipinski definition) is 2. The van der Waals surface area contributed by atoms with Crippen LogP contribution in [0.1, 0.15) is 48.9 Å². The van der Waals surface area contributed by atoms with E-state index in [0.717, 1.165) is 17.3 Å². The molecule has 0 saturated heterocycles. The van der Waals surface area contributed by atoms with Crippen molar-refractivity contribution in [3.8, 4) is 5.69 Å². The highest BCUT2D eigenvalue weighted by molar-refractivity contribution is 6.33. The summed E-state index contributed by atoms with van der Waals surface area (Å²) < 4.78 is 31.5. The van der Waals surface area contributed by atoms with Crippen LogP contribution in [0.5, 0.6) is 0 Å². The van der Waals surface area contributed by atoms with Gasteiger partial charge in [0, 0.05) is 13.0 Å². The van der Waals surface area contributed by atoms with Crippen LogP contribution in [0.2, 0.25) is 5.02 Å². The first-order valence-corrected chi connectivity index (χ1v) is 11.1. The van der Waals surface area contributed by atoms with E-state index in [1.807, 2.05) is 0 Å². The summed E-state index contributed by atoms with van der Waals surface area (Å²) in [6.45, 7) is 0.265. The Hall–Kier alpha value is -2.55. The van der Waals surface area contributed by atoms with Gasteiger partial charge >= 0.3 is 5.69 Å². The van der Waals surface area contributed by atoms with Gasteiger partial charge in [0.25, 0.3) is 11.5 Å². The van der Waals surface area contributed by atoms with Crippen LogP contribution in [0.25, 0.3) is 5.69 Å². The molecule has 2 N–H and O–H groups in total. The number of carbonyl (C=O) groups excluding carboxylic acids is 1. The fourth-order valence-corrected chi connectivity index (χ4v) is 7.77. The zero-order valence-electron chi connectivity index (χ0n) is 17.1. The van der Waals surface area contributed by atoms with Crippen molar-refractivity contribution in [2.75, 3.05) is 6.54 Å². The highest BCUT2D eigenvalue weighted by atomic mass is 35.5. The Balaban J connectivity index is 1.26. The Morgan fingerprint density at radius 2 is 1.97 bits per heavy atom.